The van der Waals surface area contributed by atoms with Gasteiger partial charge >= 0.3 is 0 Å². The lowest BCUT2D eigenvalue weighted by Gasteiger charge is -2.29. The molecule has 37 heavy (non-hydrogen) atoms. The molecule has 0 radical (unpaired) electrons. The van der Waals surface area contributed by atoms with E-state index in [-0.39, 0.29) is 26.9 Å². The zero-order chi connectivity index (χ0) is 26.3. The number of furan rings is 1. The van der Waals surface area contributed by atoms with Crippen LogP contribution in [0.1, 0.15) is 42.4 Å². The van der Waals surface area contributed by atoms with Gasteiger partial charge in [-0.15, -0.1) is 0 Å². The van der Waals surface area contributed by atoms with E-state index in [0.717, 1.165) is 31.6 Å². The number of anilines is 2. The quantitative estimate of drug-likeness (QED) is 0.225. The van der Waals surface area contributed by atoms with Crippen molar-refractivity contribution in [2.45, 2.75) is 32.2 Å². The maximum atomic E-state index is 13.4. The van der Waals surface area contributed by atoms with Gasteiger partial charge in [0.05, 0.1) is 22.7 Å². The summed E-state index contributed by atoms with van der Waals surface area (Å²) in [6, 6.07) is 12.9. The number of amides is 1. The van der Waals surface area contributed by atoms with Crippen molar-refractivity contribution in [2.75, 3.05) is 30.0 Å². The third-order valence-electron chi connectivity index (χ3n) is 6.80. The molecule has 9 heteroatoms. The van der Waals surface area contributed by atoms with Gasteiger partial charge in [-0.1, -0.05) is 23.2 Å². The number of hydrogen-bond acceptors (Lipinski definition) is 6. The molecule has 1 atom stereocenters. The van der Waals surface area contributed by atoms with E-state index in [1.807, 2.05) is 24.3 Å². The molecule has 2 aliphatic rings. The number of rotatable bonds is 5. The molecular formula is C28H26Cl2N2O5. The van der Waals surface area contributed by atoms with Crippen molar-refractivity contribution >= 4 is 52.0 Å². The van der Waals surface area contributed by atoms with E-state index < -0.39 is 23.5 Å². The molecule has 3 heterocycles. The van der Waals surface area contributed by atoms with Crippen molar-refractivity contribution in [3.8, 4) is 5.75 Å². The second kappa shape index (κ2) is 10.1. The number of benzene rings is 2. The van der Waals surface area contributed by atoms with Crippen molar-refractivity contribution in [1.82, 2.24) is 0 Å². The molecule has 1 aromatic heterocycles. The Morgan fingerprint density at radius 1 is 0.973 bits per heavy atom. The second-order valence-electron chi connectivity index (χ2n) is 9.15. The smallest absolute Gasteiger partial charge is 0.300 e. The molecule has 0 aliphatic carbocycles. The highest BCUT2D eigenvalue weighted by atomic mass is 35.5. The number of piperidine rings is 1. The van der Waals surface area contributed by atoms with E-state index in [1.54, 1.807) is 19.1 Å². The first-order chi connectivity index (χ1) is 17.8. The molecule has 0 spiro atoms. The Hall–Kier alpha value is -3.42. The zero-order valence-corrected chi connectivity index (χ0v) is 22.0. The molecule has 1 amide bonds. The van der Waals surface area contributed by atoms with Crippen LogP contribution in [0.25, 0.3) is 5.76 Å². The average Bonchev–Trinajstić information content (AvgIpc) is 3.44. The minimum Gasteiger partial charge on any atom is -0.507 e. The molecule has 1 unspecified atom stereocenters. The fraction of sp³-hybridized carbons (Fsp3) is 0.286. The highest BCUT2D eigenvalue weighted by Gasteiger charge is 2.48. The molecule has 5 rings (SSSR count). The van der Waals surface area contributed by atoms with Crippen molar-refractivity contribution in [3.05, 3.63) is 81.2 Å². The fourth-order valence-electron chi connectivity index (χ4n) is 4.99. The number of ketones is 1. The third-order valence-corrected chi connectivity index (χ3v) is 7.36. The summed E-state index contributed by atoms with van der Waals surface area (Å²) in [7, 11) is 1.42. The molecule has 2 aliphatic heterocycles. The van der Waals surface area contributed by atoms with Gasteiger partial charge in [-0.3, -0.25) is 14.5 Å². The number of nitrogens with zero attached hydrogens (tertiary/aromatic N) is 2. The molecule has 0 saturated carbocycles. The summed E-state index contributed by atoms with van der Waals surface area (Å²) < 4.78 is 11.0. The number of halogens is 2. The molecular weight excluding hydrogens is 515 g/mol. The van der Waals surface area contributed by atoms with Gasteiger partial charge in [-0.05, 0) is 74.7 Å². The Kier molecular flexibility index (Phi) is 6.92. The standard InChI is InChI=1S/C28H26Cl2N2O5/c1-16-6-11-22(37-16)24-23(25(33)17-14-20(29)27(36-2)21(30)15-17)26(34)28(35)32(24)19-9-7-18(8-10-19)31-12-4-3-5-13-31/h6-11,14-15,24,33H,3-5,12-13H2,1-2H3/b25-23-. The van der Waals surface area contributed by atoms with Crippen LogP contribution in [-0.4, -0.2) is 37.0 Å². The lowest BCUT2D eigenvalue weighted by molar-refractivity contribution is -0.132. The van der Waals surface area contributed by atoms with Gasteiger partial charge in [0.2, 0.25) is 0 Å². The Balaban J connectivity index is 1.61. The van der Waals surface area contributed by atoms with Gasteiger partial charge in [0.1, 0.15) is 23.3 Å². The molecule has 192 valence electrons. The van der Waals surface area contributed by atoms with Crippen LogP contribution in [0.2, 0.25) is 10.0 Å². The van der Waals surface area contributed by atoms with Crippen LogP contribution < -0.4 is 14.5 Å². The molecule has 0 bridgehead atoms. The minimum atomic E-state index is -0.978. The van der Waals surface area contributed by atoms with Gasteiger partial charge in [0.25, 0.3) is 11.7 Å². The largest absolute Gasteiger partial charge is 0.507 e. The summed E-state index contributed by atoms with van der Waals surface area (Å²) in [6.07, 6.45) is 3.52. The number of carbonyl (C=O) groups excluding carboxylic acids is 2. The monoisotopic (exact) mass is 540 g/mol. The topological polar surface area (TPSA) is 83.2 Å². The lowest BCUT2D eigenvalue weighted by Crippen LogP contribution is -2.30. The van der Waals surface area contributed by atoms with Crippen molar-refractivity contribution in [2.24, 2.45) is 0 Å². The normalized spacial score (nSPS) is 19.5. The summed E-state index contributed by atoms with van der Waals surface area (Å²) >= 11 is 12.6. The van der Waals surface area contributed by atoms with Crippen LogP contribution >= 0.6 is 23.2 Å². The van der Waals surface area contributed by atoms with Gasteiger partial charge in [-0.25, -0.2) is 0 Å². The predicted molar refractivity (Wildman–Crippen MR) is 144 cm³/mol. The van der Waals surface area contributed by atoms with E-state index in [4.69, 9.17) is 32.4 Å². The fourth-order valence-corrected chi connectivity index (χ4v) is 5.63. The zero-order valence-electron chi connectivity index (χ0n) is 20.5. The third kappa shape index (κ3) is 4.58. The van der Waals surface area contributed by atoms with Gasteiger partial charge < -0.3 is 19.2 Å². The number of ether oxygens (including phenoxy) is 1. The van der Waals surface area contributed by atoms with Gasteiger partial charge in [-0.2, -0.15) is 0 Å². The maximum Gasteiger partial charge on any atom is 0.300 e. The van der Waals surface area contributed by atoms with Crippen LogP contribution in [-0.2, 0) is 9.59 Å². The molecule has 7 nitrogen and oxygen atoms in total. The number of aryl methyl sites for hydroxylation is 1. The Bertz CT molecular complexity index is 1370. The molecule has 2 saturated heterocycles. The van der Waals surface area contributed by atoms with Crippen molar-refractivity contribution in [3.63, 3.8) is 0 Å². The Labute approximate surface area is 224 Å². The van der Waals surface area contributed by atoms with Gasteiger partial charge in [0, 0.05) is 30.0 Å². The first-order valence-electron chi connectivity index (χ1n) is 12.1. The first kappa shape index (κ1) is 25.2. The second-order valence-corrected chi connectivity index (χ2v) is 9.97. The van der Waals surface area contributed by atoms with Crippen LogP contribution in [0.3, 0.4) is 0 Å². The van der Waals surface area contributed by atoms with E-state index in [2.05, 4.69) is 4.90 Å². The summed E-state index contributed by atoms with van der Waals surface area (Å²) in [5.41, 5.74) is 1.65. The number of aliphatic hydroxyl groups is 1. The number of hydrogen-bond donors (Lipinski definition) is 1. The van der Waals surface area contributed by atoms with Crippen LogP contribution in [0.5, 0.6) is 5.75 Å². The Morgan fingerprint density at radius 2 is 1.59 bits per heavy atom. The minimum absolute atomic E-state index is 0.114. The highest BCUT2D eigenvalue weighted by molar-refractivity contribution is 6.51. The molecule has 2 aromatic carbocycles. The SMILES string of the molecule is COc1c(Cl)cc(/C(O)=C2/C(=O)C(=O)N(c3ccc(N4CCCCC4)cc3)C2c2ccc(C)o2)cc1Cl. The summed E-state index contributed by atoms with van der Waals surface area (Å²) in [5.74, 6) is -0.805. The first-order valence-corrected chi connectivity index (χ1v) is 12.8. The summed E-state index contributed by atoms with van der Waals surface area (Å²) in [4.78, 5) is 30.4. The van der Waals surface area contributed by atoms with E-state index in [0.29, 0.717) is 17.2 Å². The van der Waals surface area contributed by atoms with Gasteiger partial charge in [0.15, 0.2) is 5.75 Å². The number of methoxy groups -OCH3 is 1. The average molecular weight is 541 g/mol. The number of aliphatic hydroxyl groups excluding tert-OH is 1. The number of carbonyl (C=O) groups is 2. The van der Waals surface area contributed by atoms with E-state index >= 15 is 0 Å². The van der Waals surface area contributed by atoms with Crippen LogP contribution in [0.4, 0.5) is 11.4 Å². The molecule has 3 aromatic rings. The molecule has 2 fully saturated rings. The predicted octanol–water partition coefficient (Wildman–Crippen LogP) is 6.52. The summed E-state index contributed by atoms with van der Waals surface area (Å²) in [6.45, 7) is 3.75. The highest BCUT2D eigenvalue weighted by Crippen LogP contribution is 2.44. The maximum absolute atomic E-state index is 13.4. The van der Waals surface area contributed by atoms with E-state index in [1.165, 1.54) is 30.6 Å². The Morgan fingerprint density at radius 3 is 2.16 bits per heavy atom. The lowest BCUT2D eigenvalue weighted by atomic mass is 9.99. The van der Waals surface area contributed by atoms with E-state index in [9.17, 15) is 14.7 Å². The number of Topliss-reactive ketones (excluding diaryl/α,β-unsaturated/α-hetero) is 1. The summed E-state index contributed by atoms with van der Waals surface area (Å²) in [5, 5.41) is 11.6. The van der Waals surface area contributed by atoms with Crippen molar-refractivity contribution < 1.29 is 23.8 Å². The van der Waals surface area contributed by atoms with Crippen LogP contribution in [0.15, 0.2) is 58.5 Å². The van der Waals surface area contributed by atoms with Crippen LogP contribution in [0, 0.1) is 6.92 Å². The molecule has 1 N–H and O–H groups in total. The van der Waals surface area contributed by atoms with Crippen molar-refractivity contribution in [1.29, 1.82) is 0 Å².